The van der Waals surface area contributed by atoms with Gasteiger partial charge in [-0.2, -0.15) is 0 Å². The van der Waals surface area contributed by atoms with Crippen LogP contribution >= 0.6 is 0 Å². The Hall–Kier alpha value is -1.72. The summed E-state index contributed by atoms with van der Waals surface area (Å²) >= 11 is 0. The minimum atomic E-state index is -1.17. The molecule has 0 N–H and O–H groups in total. The molecule has 0 aliphatic carbocycles. The van der Waals surface area contributed by atoms with E-state index in [-0.39, 0.29) is 25.5 Å². The Labute approximate surface area is 105 Å². The molecule has 1 heterocycles. The van der Waals surface area contributed by atoms with Crippen LogP contribution in [0.15, 0.2) is 0 Å². The van der Waals surface area contributed by atoms with Gasteiger partial charge in [-0.1, -0.05) is 0 Å². The largest absolute Gasteiger partial charge is 0.465 e. The number of likely N-dealkylation sites (tertiary alicyclic amines) is 1. The number of carbonyl (C=O) groups excluding carboxylic acids is 4. The fourth-order valence-electron chi connectivity index (χ4n) is 2.15. The predicted molar refractivity (Wildman–Crippen MR) is 61.3 cm³/mol. The van der Waals surface area contributed by atoms with Gasteiger partial charge in [-0.05, 0) is 20.8 Å². The molecule has 1 aliphatic rings. The molecular formula is C12H17NO5. The number of Topliss-reactive ketones (excluding diaryl/α,β-unsaturated/α-hetero) is 1. The van der Waals surface area contributed by atoms with Crippen LogP contribution in [-0.2, 0) is 23.9 Å². The zero-order valence-electron chi connectivity index (χ0n) is 10.8. The highest BCUT2D eigenvalue weighted by atomic mass is 16.5. The summed E-state index contributed by atoms with van der Waals surface area (Å²) in [6.07, 6.45) is -0.101. The van der Waals surface area contributed by atoms with Gasteiger partial charge in [0.15, 0.2) is 0 Å². The van der Waals surface area contributed by atoms with Crippen LogP contribution in [0.25, 0.3) is 0 Å². The Morgan fingerprint density at radius 2 is 2.00 bits per heavy atom. The van der Waals surface area contributed by atoms with Crippen molar-refractivity contribution in [3.8, 4) is 0 Å². The minimum Gasteiger partial charge on any atom is -0.465 e. The second kappa shape index (κ2) is 5.75. The second-order valence-electron chi connectivity index (χ2n) is 4.13. The molecule has 6 nitrogen and oxygen atoms in total. The highest BCUT2D eigenvalue weighted by Gasteiger charge is 2.47. The van der Waals surface area contributed by atoms with Gasteiger partial charge in [-0.3, -0.25) is 24.1 Å². The van der Waals surface area contributed by atoms with Gasteiger partial charge < -0.3 is 4.74 Å². The number of rotatable bonds is 5. The van der Waals surface area contributed by atoms with E-state index in [0.29, 0.717) is 0 Å². The highest BCUT2D eigenvalue weighted by Crippen LogP contribution is 2.28. The summed E-state index contributed by atoms with van der Waals surface area (Å²) in [7, 11) is 0. The van der Waals surface area contributed by atoms with Crippen molar-refractivity contribution in [3.63, 3.8) is 0 Å². The first kappa shape index (κ1) is 14.3. The molecule has 0 saturated carbocycles. The molecule has 1 saturated heterocycles. The molecule has 1 aliphatic heterocycles. The molecule has 1 unspecified atom stereocenters. The zero-order valence-corrected chi connectivity index (χ0v) is 10.8. The topological polar surface area (TPSA) is 80.8 Å². The summed E-state index contributed by atoms with van der Waals surface area (Å²) in [5.74, 6) is -4.06. The fourth-order valence-corrected chi connectivity index (χ4v) is 2.15. The van der Waals surface area contributed by atoms with Crippen molar-refractivity contribution in [2.24, 2.45) is 11.8 Å². The maximum absolute atomic E-state index is 11.9. The molecule has 1 rings (SSSR count). The van der Waals surface area contributed by atoms with Crippen molar-refractivity contribution in [1.29, 1.82) is 0 Å². The van der Waals surface area contributed by atoms with Crippen LogP contribution in [0.2, 0.25) is 0 Å². The molecule has 0 aromatic carbocycles. The van der Waals surface area contributed by atoms with E-state index < -0.39 is 29.5 Å². The number of hydrogen-bond acceptors (Lipinski definition) is 5. The molecule has 2 atom stereocenters. The fraction of sp³-hybridized carbons (Fsp3) is 0.667. The van der Waals surface area contributed by atoms with Gasteiger partial charge in [0, 0.05) is 13.0 Å². The number of ketones is 1. The molecule has 0 radical (unpaired) electrons. The zero-order chi connectivity index (χ0) is 13.9. The molecule has 100 valence electrons. The van der Waals surface area contributed by atoms with Crippen molar-refractivity contribution < 1.29 is 23.9 Å². The van der Waals surface area contributed by atoms with Gasteiger partial charge >= 0.3 is 5.97 Å². The van der Waals surface area contributed by atoms with Crippen molar-refractivity contribution in [2.75, 3.05) is 13.2 Å². The van der Waals surface area contributed by atoms with Crippen molar-refractivity contribution in [1.82, 2.24) is 4.90 Å². The smallest absolute Gasteiger partial charge is 0.317 e. The third kappa shape index (κ3) is 2.57. The molecule has 0 aromatic heterocycles. The summed E-state index contributed by atoms with van der Waals surface area (Å²) in [4.78, 5) is 47.8. The number of amides is 2. The Balaban J connectivity index is 2.95. The monoisotopic (exact) mass is 255 g/mol. The quantitative estimate of drug-likeness (QED) is 0.397. The third-order valence-corrected chi connectivity index (χ3v) is 2.98. The predicted octanol–water partition coefficient (Wildman–Crippen LogP) is 0.150. The first-order chi connectivity index (χ1) is 8.43. The van der Waals surface area contributed by atoms with E-state index in [0.717, 1.165) is 4.90 Å². The van der Waals surface area contributed by atoms with Gasteiger partial charge in [0.1, 0.15) is 11.7 Å². The molecule has 0 bridgehead atoms. The van der Waals surface area contributed by atoms with Crippen LogP contribution in [0.1, 0.15) is 27.2 Å². The van der Waals surface area contributed by atoms with Crippen molar-refractivity contribution >= 4 is 23.6 Å². The lowest BCUT2D eigenvalue weighted by atomic mass is 9.88. The van der Waals surface area contributed by atoms with Crippen molar-refractivity contribution in [3.05, 3.63) is 0 Å². The summed E-state index contributed by atoms with van der Waals surface area (Å²) in [5, 5.41) is 0. The van der Waals surface area contributed by atoms with Crippen LogP contribution in [0.5, 0.6) is 0 Å². The summed E-state index contributed by atoms with van der Waals surface area (Å²) < 4.78 is 4.79. The molecule has 0 spiro atoms. The number of imide groups is 1. The summed E-state index contributed by atoms with van der Waals surface area (Å²) in [5.41, 5.74) is 0. The lowest BCUT2D eigenvalue weighted by Crippen LogP contribution is -2.37. The van der Waals surface area contributed by atoms with Crippen LogP contribution in [0.4, 0.5) is 0 Å². The number of nitrogens with zero attached hydrogens (tertiary/aromatic N) is 1. The normalized spacial score (nSPS) is 21.1. The standard InChI is InChI=1S/C12H17NO5/c1-4-13-9(15)6-8(11(13)16)10(7(3)14)12(17)18-5-2/h8,10H,4-6H2,1-3H3/t8-,10?/m1/s1. The highest BCUT2D eigenvalue weighted by molar-refractivity contribution is 6.10. The molecule has 6 heteroatoms. The number of carbonyl (C=O) groups is 4. The van der Waals surface area contributed by atoms with E-state index >= 15 is 0 Å². The summed E-state index contributed by atoms with van der Waals surface area (Å²) in [6, 6.07) is 0. The summed E-state index contributed by atoms with van der Waals surface area (Å²) in [6.45, 7) is 4.91. The molecule has 1 fully saturated rings. The number of ether oxygens (including phenoxy) is 1. The first-order valence-corrected chi connectivity index (χ1v) is 5.95. The average molecular weight is 255 g/mol. The van der Waals surface area contributed by atoms with Crippen LogP contribution in [0, 0.1) is 11.8 Å². The molecule has 18 heavy (non-hydrogen) atoms. The maximum Gasteiger partial charge on any atom is 0.317 e. The average Bonchev–Trinajstić information content (AvgIpc) is 2.54. The lowest BCUT2D eigenvalue weighted by molar-refractivity contribution is -0.156. The van der Waals surface area contributed by atoms with E-state index in [1.165, 1.54) is 6.92 Å². The van der Waals surface area contributed by atoms with Gasteiger partial charge in [0.2, 0.25) is 11.8 Å². The van der Waals surface area contributed by atoms with Crippen molar-refractivity contribution in [2.45, 2.75) is 27.2 Å². The molecule has 0 aromatic rings. The molecule has 2 amide bonds. The van der Waals surface area contributed by atoms with Crippen LogP contribution in [0.3, 0.4) is 0 Å². The third-order valence-electron chi connectivity index (χ3n) is 2.98. The molecular weight excluding hydrogens is 238 g/mol. The van der Waals surface area contributed by atoms with Crippen LogP contribution < -0.4 is 0 Å². The maximum atomic E-state index is 11.9. The van der Waals surface area contributed by atoms with Gasteiger partial charge in [0.25, 0.3) is 0 Å². The SMILES string of the molecule is CCOC(=O)C(C(C)=O)[C@H]1CC(=O)N(CC)C1=O. The van der Waals surface area contributed by atoms with E-state index in [2.05, 4.69) is 0 Å². The number of esters is 1. The van der Waals surface area contributed by atoms with Crippen LogP contribution in [-0.4, -0.2) is 41.6 Å². The van der Waals surface area contributed by atoms with E-state index in [1.54, 1.807) is 13.8 Å². The Morgan fingerprint density at radius 1 is 1.39 bits per heavy atom. The Morgan fingerprint density at radius 3 is 2.39 bits per heavy atom. The Bertz CT molecular complexity index is 390. The van der Waals surface area contributed by atoms with Gasteiger partial charge in [0.05, 0.1) is 12.5 Å². The van der Waals surface area contributed by atoms with Gasteiger partial charge in [-0.25, -0.2) is 0 Å². The van der Waals surface area contributed by atoms with E-state index in [4.69, 9.17) is 4.74 Å². The first-order valence-electron chi connectivity index (χ1n) is 5.95. The van der Waals surface area contributed by atoms with Gasteiger partial charge in [-0.15, -0.1) is 0 Å². The second-order valence-corrected chi connectivity index (χ2v) is 4.13. The van der Waals surface area contributed by atoms with E-state index in [9.17, 15) is 19.2 Å². The minimum absolute atomic E-state index is 0.101. The number of hydrogen-bond donors (Lipinski definition) is 0. The lowest BCUT2D eigenvalue weighted by Gasteiger charge is -2.18. The Kier molecular flexibility index (Phi) is 4.58. The van der Waals surface area contributed by atoms with E-state index in [1.807, 2.05) is 0 Å².